The van der Waals surface area contributed by atoms with E-state index in [0.717, 1.165) is 36.4 Å². The lowest BCUT2D eigenvalue weighted by Crippen LogP contribution is -2.39. The Morgan fingerprint density at radius 1 is 1.08 bits per heavy atom. The van der Waals surface area contributed by atoms with E-state index >= 15 is 0 Å². The van der Waals surface area contributed by atoms with Gasteiger partial charge in [0.15, 0.2) is 0 Å². The Labute approximate surface area is 154 Å². The fourth-order valence-electron chi connectivity index (χ4n) is 3.06. The predicted octanol–water partition coefficient (Wildman–Crippen LogP) is 3.67. The van der Waals surface area contributed by atoms with Crippen LogP contribution in [0.15, 0.2) is 48.5 Å². The van der Waals surface area contributed by atoms with Crippen molar-refractivity contribution in [3.05, 3.63) is 54.1 Å². The molecular weight excluding hydrogens is 326 g/mol. The summed E-state index contributed by atoms with van der Waals surface area (Å²) in [6.07, 6.45) is 2.00. The molecule has 2 N–H and O–H groups in total. The smallest absolute Gasteiger partial charge is 0.246 e. The van der Waals surface area contributed by atoms with Crippen molar-refractivity contribution in [2.75, 3.05) is 28.6 Å². The second kappa shape index (κ2) is 8.04. The minimum atomic E-state index is -0.0765. The number of anilines is 3. The SMILES string of the molecule is CC(C)C(=O)Nc1cccc(NCC(=O)N2CCCc3ccccc32)c1. The Bertz CT molecular complexity index is 801. The zero-order chi connectivity index (χ0) is 18.5. The van der Waals surface area contributed by atoms with Crippen LogP contribution in [0, 0.1) is 5.92 Å². The molecule has 0 saturated heterocycles. The van der Waals surface area contributed by atoms with E-state index in [2.05, 4.69) is 16.7 Å². The molecule has 0 atom stereocenters. The highest BCUT2D eigenvalue weighted by atomic mass is 16.2. The first-order valence-corrected chi connectivity index (χ1v) is 9.07. The second-order valence-corrected chi connectivity index (χ2v) is 6.86. The molecule has 1 heterocycles. The first-order valence-electron chi connectivity index (χ1n) is 9.07. The quantitative estimate of drug-likeness (QED) is 0.864. The molecule has 0 aliphatic carbocycles. The third-order valence-electron chi connectivity index (χ3n) is 4.51. The first-order chi connectivity index (χ1) is 12.5. The number of nitrogens with zero attached hydrogens (tertiary/aromatic N) is 1. The summed E-state index contributed by atoms with van der Waals surface area (Å²) in [7, 11) is 0. The van der Waals surface area contributed by atoms with Crippen LogP contribution in [0.1, 0.15) is 25.8 Å². The van der Waals surface area contributed by atoms with E-state index in [1.54, 1.807) is 0 Å². The van der Waals surface area contributed by atoms with Gasteiger partial charge in [-0.25, -0.2) is 0 Å². The normalized spacial score (nSPS) is 13.3. The second-order valence-electron chi connectivity index (χ2n) is 6.86. The Morgan fingerprint density at radius 2 is 1.85 bits per heavy atom. The highest BCUT2D eigenvalue weighted by Gasteiger charge is 2.21. The molecule has 0 aromatic heterocycles. The molecule has 5 heteroatoms. The molecule has 136 valence electrons. The number of para-hydroxylation sites is 1. The molecule has 2 aromatic rings. The number of fused-ring (bicyclic) bond motifs is 1. The van der Waals surface area contributed by atoms with Gasteiger partial charge in [-0.1, -0.05) is 38.1 Å². The number of aryl methyl sites for hydroxylation is 1. The van der Waals surface area contributed by atoms with E-state index < -0.39 is 0 Å². The maximum absolute atomic E-state index is 12.7. The number of hydrogen-bond donors (Lipinski definition) is 2. The molecule has 1 aliphatic heterocycles. The van der Waals surface area contributed by atoms with Crippen LogP contribution in [-0.2, 0) is 16.0 Å². The van der Waals surface area contributed by atoms with E-state index in [1.165, 1.54) is 5.56 Å². The fraction of sp³-hybridized carbons (Fsp3) is 0.333. The standard InChI is InChI=1S/C21H25N3O2/c1-15(2)21(26)23-18-10-5-9-17(13-18)22-14-20(25)24-12-6-8-16-7-3-4-11-19(16)24/h3-5,7,9-11,13,15,22H,6,8,12,14H2,1-2H3,(H,23,26). The number of carbonyl (C=O) groups excluding carboxylic acids is 2. The average molecular weight is 351 g/mol. The van der Waals surface area contributed by atoms with Crippen molar-refractivity contribution in [2.24, 2.45) is 5.92 Å². The van der Waals surface area contributed by atoms with Gasteiger partial charge in [0.05, 0.1) is 6.54 Å². The molecule has 26 heavy (non-hydrogen) atoms. The van der Waals surface area contributed by atoms with Crippen LogP contribution >= 0.6 is 0 Å². The van der Waals surface area contributed by atoms with Crippen LogP contribution in [0.2, 0.25) is 0 Å². The van der Waals surface area contributed by atoms with E-state index in [0.29, 0.717) is 0 Å². The van der Waals surface area contributed by atoms with Gasteiger partial charge in [0.2, 0.25) is 11.8 Å². The van der Waals surface area contributed by atoms with Gasteiger partial charge in [0, 0.05) is 29.5 Å². The van der Waals surface area contributed by atoms with Crippen molar-refractivity contribution < 1.29 is 9.59 Å². The molecule has 0 saturated carbocycles. The van der Waals surface area contributed by atoms with Gasteiger partial charge in [-0.3, -0.25) is 9.59 Å². The minimum Gasteiger partial charge on any atom is -0.376 e. The molecule has 0 fully saturated rings. The summed E-state index contributed by atoms with van der Waals surface area (Å²) in [6.45, 7) is 4.68. The van der Waals surface area contributed by atoms with Crippen LogP contribution < -0.4 is 15.5 Å². The highest BCUT2D eigenvalue weighted by Crippen LogP contribution is 2.26. The predicted molar refractivity (Wildman–Crippen MR) is 106 cm³/mol. The van der Waals surface area contributed by atoms with E-state index in [4.69, 9.17) is 0 Å². The zero-order valence-electron chi connectivity index (χ0n) is 15.3. The summed E-state index contributed by atoms with van der Waals surface area (Å²) < 4.78 is 0. The largest absolute Gasteiger partial charge is 0.376 e. The monoisotopic (exact) mass is 351 g/mol. The summed E-state index contributed by atoms with van der Waals surface area (Å²) in [4.78, 5) is 26.4. The Balaban J connectivity index is 1.63. The number of nitrogens with one attached hydrogen (secondary N) is 2. The average Bonchev–Trinajstić information content (AvgIpc) is 2.66. The van der Waals surface area contributed by atoms with Crippen molar-refractivity contribution in [1.29, 1.82) is 0 Å². The molecule has 0 unspecified atom stereocenters. The summed E-state index contributed by atoms with van der Waals surface area (Å²) in [5.74, 6) is -0.0516. The molecular formula is C21H25N3O2. The van der Waals surface area contributed by atoms with Crippen LogP contribution in [0.25, 0.3) is 0 Å². The molecule has 0 radical (unpaired) electrons. The maximum Gasteiger partial charge on any atom is 0.246 e. The van der Waals surface area contributed by atoms with Crippen LogP contribution in [0.3, 0.4) is 0 Å². The fourth-order valence-corrected chi connectivity index (χ4v) is 3.06. The van der Waals surface area contributed by atoms with Gasteiger partial charge in [-0.15, -0.1) is 0 Å². The lowest BCUT2D eigenvalue weighted by atomic mass is 10.0. The lowest BCUT2D eigenvalue weighted by Gasteiger charge is -2.29. The Morgan fingerprint density at radius 3 is 2.65 bits per heavy atom. The number of benzene rings is 2. The van der Waals surface area contributed by atoms with E-state index in [1.807, 2.05) is 61.2 Å². The molecule has 3 rings (SSSR count). The van der Waals surface area contributed by atoms with Crippen molar-refractivity contribution in [3.63, 3.8) is 0 Å². The summed E-state index contributed by atoms with van der Waals surface area (Å²) in [5, 5.41) is 6.04. The van der Waals surface area contributed by atoms with E-state index in [9.17, 15) is 9.59 Å². The van der Waals surface area contributed by atoms with Crippen molar-refractivity contribution in [1.82, 2.24) is 0 Å². The third-order valence-corrected chi connectivity index (χ3v) is 4.51. The topological polar surface area (TPSA) is 61.4 Å². The molecule has 0 spiro atoms. The molecule has 2 aromatic carbocycles. The number of hydrogen-bond acceptors (Lipinski definition) is 3. The highest BCUT2D eigenvalue weighted by molar-refractivity contribution is 5.97. The van der Waals surface area contributed by atoms with Crippen LogP contribution in [-0.4, -0.2) is 24.9 Å². The van der Waals surface area contributed by atoms with Gasteiger partial charge in [0.1, 0.15) is 0 Å². The third kappa shape index (κ3) is 4.23. The van der Waals surface area contributed by atoms with Gasteiger partial charge in [-0.2, -0.15) is 0 Å². The Hall–Kier alpha value is -2.82. The lowest BCUT2D eigenvalue weighted by molar-refractivity contribution is -0.119. The summed E-state index contributed by atoms with van der Waals surface area (Å²) in [5.41, 5.74) is 3.78. The van der Waals surface area contributed by atoms with Gasteiger partial charge < -0.3 is 15.5 Å². The first kappa shape index (κ1) is 18.0. The number of carbonyl (C=O) groups is 2. The molecule has 1 aliphatic rings. The van der Waals surface area contributed by atoms with Crippen LogP contribution in [0.4, 0.5) is 17.1 Å². The van der Waals surface area contributed by atoms with Crippen molar-refractivity contribution >= 4 is 28.9 Å². The molecule has 5 nitrogen and oxygen atoms in total. The maximum atomic E-state index is 12.7. The van der Waals surface area contributed by atoms with Gasteiger partial charge in [0.25, 0.3) is 0 Å². The van der Waals surface area contributed by atoms with Crippen molar-refractivity contribution in [3.8, 4) is 0 Å². The van der Waals surface area contributed by atoms with Crippen molar-refractivity contribution in [2.45, 2.75) is 26.7 Å². The van der Waals surface area contributed by atoms with Gasteiger partial charge >= 0.3 is 0 Å². The molecule has 2 amide bonds. The van der Waals surface area contributed by atoms with Crippen LogP contribution in [0.5, 0.6) is 0 Å². The Kier molecular flexibility index (Phi) is 5.56. The molecule has 0 bridgehead atoms. The van der Waals surface area contributed by atoms with Gasteiger partial charge in [-0.05, 0) is 42.7 Å². The van der Waals surface area contributed by atoms with E-state index in [-0.39, 0.29) is 24.3 Å². The minimum absolute atomic E-state index is 0.0249. The number of amides is 2. The zero-order valence-corrected chi connectivity index (χ0v) is 15.3. The summed E-state index contributed by atoms with van der Waals surface area (Å²) >= 11 is 0. The summed E-state index contributed by atoms with van der Waals surface area (Å²) in [6, 6.07) is 15.5. The number of rotatable bonds is 5.